The van der Waals surface area contributed by atoms with E-state index in [1.54, 1.807) is 7.11 Å². The monoisotopic (exact) mass is 252 g/mol. The fraction of sp³-hybridized carbons (Fsp3) is 0.312. The number of anilines is 1. The van der Waals surface area contributed by atoms with Crippen LogP contribution < -0.4 is 4.90 Å². The third-order valence-electron chi connectivity index (χ3n) is 3.84. The van der Waals surface area contributed by atoms with E-state index in [0.717, 1.165) is 35.8 Å². The van der Waals surface area contributed by atoms with Crippen molar-refractivity contribution in [3.63, 3.8) is 0 Å². The van der Waals surface area contributed by atoms with Gasteiger partial charge in [0.25, 0.3) is 0 Å². The van der Waals surface area contributed by atoms with Gasteiger partial charge in [-0.1, -0.05) is 24.3 Å². The van der Waals surface area contributed by atoms with Crippen LogP contribution in [-0.2, 0) is 4.74 Å². The van der Waals surface area contributed by atoms with Gasteiger partial charge in [0, 0.05) is 36.7 Å². The van der Waals surface area contributed by atoms with Crippen molar-refractivity contribution in [3.8, 4) is 6.07 Å². The summed E-state index contributed by atoms with van der Waals surface area (Å²) >= 11 is 0. The number of fused-ring (bicyclic) bond motifs is 1. The Kier molecular flexibility index (Phi) is 3.10. The van der Waals surface area contributed by atoms with E-state index in [4.69, 9.17) is 4.74 Å². The predicted octanol–water partition coefficient (Wildman–Crippen LogP) is 2.94. The van der Waals surface area contributed by atoms with E-state index in [2.05, 4.69) is 23.1 Å². The normalized spacial score (nSPS) is 18.7. The molecule has 0 saturated carbocycles. The van der Waals surface area contributed by atoms with Crippen LogP contribution in [0.15, 0.2) is 36.4 Å². The molecule has 0 aliphatic carbocycles. The van der Waals surface area contributed by atoms with Gasteiger partial charge in [0.2, 0.25) is 0 Å². The van der Waals surface area contributed by atoms with Crippen LogP contribution in [-0.4, -0.2) is 26.3 Å². The molecule has 3 rings (SSSR count). The van der Waals surface area contributed by atoms with Gasteiger partial charge in [0.1, 0.15) is 0 Å². The van der Waals surface area contributed by atoms with Gasteiger partial charge in [-0.3, -0.25) is 0 Å². The van der Waals surface area contributed by atoms with Crippen molar-refractivity contribution in [2.75, 3.05) is 25.1 Å². The minimum absolute atomic E-state index is 0.314. The molecule has 0 radical (unpaired) electrons. The average Bonchev–Trinajstić information content (AvgIpc) is 2.95. The number of hydrogen-bond donors (Lipinski definition) is 0. The minimum Gasteiger partial charge on any atom is -0.380 e. The van der Waals surface area contributed by atoms with Crippen LogP contribution in [0.3, 0.4) is 0 Å². The number of benzene rings is 2. The molecule has 1 unspecified atom stereocenters. The van der Waals surface area contributed by atoms with Crippen molar-refractivity contribution in [1.29, 1.82) is 5.26 Å². The summed E-state index contributed by atoms with van der Waals surface area (Å²) in [7, 11) is 1.77. The molecule has 1 aliphatic rings. The van der Waals surface area contributed by atoms with Crippen molar-refractivity contribution in [2.24, 2.45) is 0 Å². The van der Waals surface area contributed by atoms with Gasteiger partial charge in [-0.25, -0.2) is 0 Å². The number of nitriles is 1. The van der Waals surface area contributed by atoms with Crippen molar-refractivity contribution < 1.29 is 4.74 Å². The zero-order valence-electron chi connectivity index (χ0n) is 11.0. The molecule has 2 aromatic rings. The summed E-state index contributed by atoms with van der Waals surface area (Å²) < 4.78 is 5.43. The lowest BCUT2D eigenvalue weighted by molar-refractivity contribution is 0.121. The Hall–Kier alpha value is -2.05. The quantitative estimate of drug-likeness (QED) is 0.824. The minimum atomic E-state index is 0.314. The summed E-state index contributed by atoms with van der Waals surface area (Å²) in [5.41, 5.74) is 1.94. The van der Waals surface area contributed by atoms with Crippen molar-refractivity contribution in [2.45, 2.75) is 12.5 Å². The first-order valence-corrected chi connectivity index (χ1v) is 6.53. The molecule has 0 aromatic heterocycles. The van der Waals surface area contributed by atoms with Crippen LogP contribution in [0.25, 0.3) is 10.8 Å². The Balaban J connectivity index is 2.08. The molecule has 1 aliphatic heterocycles. The Labute approximate surface area is 113 Å². The summed E-state index contributed by atoms with van der Waals surface area (Å²) in [6.07, 6.45) is 1.37. The number of hydrogen-bond acceptors (Lipinski definition) is 3. The Morgan fingerprint density at radius 3 is 2.68 bits per heavy atom. The van der Waals surface area contributed by atoms with Gasteiger partial charge >= 0.3 is 0 Å². The number of methoxy groups -OCH3 is 1. The van der Waals surface area contributed by atoms with Gasteiger partial charge in [-0.05, 0) is 18.6 Å². The fourth-order valence-corrected chi connectivity index (χ4v) is 2.80. The molecule has 1 atom stereocenters. The summed E-state index contributed by atoms with van der Waals surface area (Å²) in [6, 6.07) is 14.3. The molecule has 19 heavy (non-hydrogen) atoms. The van der Waals surface area contributed by atoms with Crippen molar-refractivity contribution in [1.82, 2.24) is 0 Å². The maximum atomic E-state index is 9.19. The molecular weight excluding hydrogens is 236 g/mol. The van der Waals surface area contributed by atoms with Crippen LogP contribution in [0, 0.1) is 11.3 Å². The zero-order valence-corrected chi connectivity index (χ0v) is 11.0. The van der Waals surface area contributed by atoms with Crippen LogP contribution in [0.2, 0.25) is 0 Å². The summed E-state index contributed by atoms with van der Waals surface area (Å²) in [6.45, 7) is 1.93. The maximum Gasteiger partial charge on any atom is 0.0998 e. The first kappa shape index (κ1) is 12.0. The maximum absolute atomic E-state index is 9.19. The highest BCUT2D eigenvalue weighted by Gasteiger charge is 2.23. The standard InChI is InChI=1S/C16H16N2O/c1-19-13-8-9-18(11-13)16-7-6-12(10-17)14-4-2-3-5-15(14)16/h2-7,13H,8-9,11H2,1H3. The second kappa shape index (κ2) is 4.91. The first-order valence-electron chi connectivity index (χ1n) is 6.53. The van der Waals surface area contributed by atoms with E-state index < -0.39 is 0 Å². The van der Waals surface area contributed by atoms with Crippen LogP contribution in [0.5, 0.6) is 0 Å². The molecular formula is C16H16N2O. The second-order valence-electron chi connectivity index (χ2n) is 4.88. The third-order valence-corrected chi connectivity index (χ3v) is 3.84. The predicted molar refractivity (Wildman–Crippen MR) is 76.3 cm³/mol. The highest BCUT2D eigenvalue weighted by Crippen LogP contribution is 2.31. The molecule has 0 bridgehead atoms. The van der Waals surface area contributed by atoms with Gasteiger partial charge in [0.05, 0.1) is 17.7 Å². The number of ether oxygens (including phenoxy) is 1. The van der Waals surface area contributed by atoms with Gasteiger partial charge in [-0.2, -0.15) is 5.26 Å². The zero-order chi connectivity index (χ0) is 13.2. The highest BCUT2D eigenvalue weighted by atomic mass is 16.5. The largest absolute Gasteiger partial charge is 0.380 e. The molecule has 1 heterocycles. The smallest absolute Gasteiger partial charge is 0.0998 e. The molecule has 0 amide bonds. The number of nitrogens with zero attached hydrogens (tertiary/aromatic N) is 2. The van der Waals surface area contributed by atoms with Crippen molar-refractivity contribution in [3.05, 3.63) is 42.0 Å². The lowest BCUT2D eigenvalue weighted by atomic mass is 10.0. The van der Waals surface area contributed by atoms with E-state index >= 15 is 0 Å². The van der Waals surface area contributed by atoms with Crippen molar-refractivity contribution >= 4 is 16.5 Å². The second-order valence-corrected chi connectivity index (χ2v) is 4.88. The van der Waals surface area contributed by atoms with Crippen LogP contribution in [0.1, 0.15) is 12.0 Å². The number of rotatable bonds is 2. The molecule has 1 fully saturated rings. The Morgan fingerprint density at radius 1 is 1.21 bits per heavy atom. The van der Waals surface area contributed by atoms with E-state index in [-0.39, 0.29) is 0 Å². The van der Waals surface area contributed by atoms with E-state index in [1.165, 1.54) is 5.69 Å². The van der Waals surface area contributed by atoms with Gasteiger partial charge < -0.3 is 9.64 Å². The summed E-state index contributed by atoms with van der Waals surface area (Å²) in [5, 5.41) is 11.4. The Morgan fingerprint density at radius 2 is 2.00 bits per heavy atom. The molecule has 0 N–H and O–H groups in total. The Bertz CT molecular complexity index is 645. The van der Waals surface area contributed by atoms with E-state index in [9.17, 15) is 5.26 Å². The molecule has 2 aromatic carbocycles. The topological polar surface area (TPSA) is 36.3 Å². The lowest BCUT2D eigenvalue weighted by Gasteiger charge is -2.20. The van der Waals surface area contributed by atoms with Crippen LogP contribution >= 0.6 is 0 Å². The first-order chi connectivity index (χ1) is 9.33. The SMILES string of the molecule is COC1CCN(c2ccc(C#N)c3ccccc23)C1. The fourth-order valence-electron chi connectivity index (χ4n) is 2.80. The lowest BCUT2D eigenvalue weighted by Crippen LogP contribution is -2.22. The molecule has 3 nitrogen and oxygen atoms in total. The molecule has 0 spiro atoms. The summed E-state index contributed by atoms with van der Waals surface area (Å²) in [5.74, 6) is 0. The molecule has 96 valence electrons. The van der Waals surface area contributed by atoms with Gasteiger partial charge in [0.15, 0.2) is 0 Å². The van der Waals surface area contributed by atoms with Crippen LogP contribution in [0.4, 0.5) is 5.69 Å². The average molecular weight is 252 g/mol. The third kappa shape index (κ3) is 2.05. The summed E-state index contributed by atoms with van der Waals surface area (Å²) in [4.78, 5) is 2.34. The van der Waals surface area contributed by atoms with E-state index in [0.29, 0.717) is 6.10 Å². The molecule has 1 saturated heterocycles. The van der Waals surface area contributed by atoms with E-state index in [1.807, 2.05) is 24.3 Å². The highest BCUT2D eigenvalue weighted by molar-refractivity contribution is 5.97. The molecule has 3 heteroatoms. The van der Waals surface area contributed by atoms with Gasteiger partial charge in [-0.15, -0.1) is 0 Å².